The second kappa shape index (κ2) is 6.65. The lowest BCUT2D eigenvalue weighted by atomic mass is 9.92. The highest BCUT2D eigenvalue weighted by Gasteiger charge is 2.23. The molecule has 1 heterocycles. The Morgan fingerprint density at radius 2 is 2.11 bits per heavy atom. The molecular weight excluding hydrogens is 268 g/mol. The first-order valence-electron chi connectivity index (χ1n) is 6.09. The Balaban J connectivity index is 2.49. The van der Waals surface area contributed by atoms with E-state index in [1.165, 1.54) is 4.88 Å². The van der Waals surface area contributed by atoms with Crippen LogP contribution in [0.2, 0.25) is 0 Å². The summed E-state index contributed by atoms with van der Waals surface area (Å²) in [5, 5.41) is 5.02. The Labute approximate surface area is 114 Å². The van der Waals surface area contributed by atoms with Crippen molar-refractivity contribution in [2.75, 3.05) is 25.4 Å². The normalized spacial score (nSPS) is 12.8. The second-order valence-corrected chi connectivity index (χ2v) is 7.73. The molecule has 4 nitrogen and oxygen atoms in total. The zero-order chi connectivity index (χ0) is 13.6. The van der Waals surface area contributed by atoms with Crippen molar-refractivity contribution in [3.05, 3.63) is 22.4 Å². The summed E-state index contributed by atoms with van der Waals surface area (Å²) in [6.45, 7) is 7.76. The van der Waals surface area contributed by atoms with E-state index in [0.29, 0.717) is 13.1 Å². The van der Waals surface area contributed by atoms with Gasteiger partial charge in [0.1, 0.15) is 0 Å². The van der Waals surface area contributed by atoms with Crippen molar-refractivity contribution >= 4 is 21.4 Å². The third kappa shape index (κ3) is 5.06. The molecule has 6 heteroatoms. The van der Waals surface area contributed by atoms with Crippen LogP contribution in [0, 0.1) is 0 Å². The summed E-state index contributed by atoms with van der Waals surface area (Å²) in [4.78, 5) is 1.19. The maximum Gasteiger partial charge on any atom is 0.212 e. The van der Waals surface area contributed by atoms with Crippen molar-refractivity contribution in [1.29, 1.82) is 0 Å². The van der Waals surface area contributed by atoms with Crippen LogP contribution in [0.25, 0.3) is 0 Å². The second-order valence-electron chi connectivity index (χ2n) is 4.85. The summed E-state index contributed by atoms with van der Waals surface area (Å²) in [6, 6.07) is 4.03. The van der Waals surface area contributed by atoms with Crippen molar-refractivity contribution in [3.8, 4) is 0 Å². The number of nitrogens with one attached hydrogen (secondary N) is 2. The fourth-order valence-electron chi connectivity index (χ4n) is 1.50. The van der Waals surface area contributed by atoms with Gasteiger partial charge in [-0.2, -0.15) is 0 Å². The minimum atomic E-state index is -3.19. The zero-order valence-corrected chi connectivity index (χ0v) is 12.8. The first-order valence-corrected chi connectivity index (χ1v) is 8.62. The van der Waals surface area contributed by atoms with Gasteiger partial charge in [-0.05, 0) is 18.0 Å². The average Bonchev–Trinajstić information content (AvgIpc) is 2.81. The molecule has 0 unspecified atom stereocenters. The smallest absolute Gasteiger partial charge is 0.212 e. The van der Waals surface area contributed by atoms with E-state index in [2.05, 4.69) is 10.0 Å². The summed E-state index contributed by atoms with van der Waals surface area (Å²) in [7, 11) is -3.19. The van der Waals surface area contributed by atoms with Crippen LogP contribution >= 0.6 is 11.3 Å². The van der Waals surface area contributed by atoms with Gasteiger partial charge in [-0.1, -0.05) is 26.8 Å². The molecule has 0 saturated heterocycles. The average molecular weight is 290 g/mol. The molecule has 0 aromatic carbocycles. The van der Waals surface area contributed by atoms with Crippen molar-refractivity contribution in [1.82, 2.24) is 10.0 Å². The van der Waals surface area contributed by atoms with Crippen molar-refractivity contribution in [2.45, 2.75) is 26.2 Å². The van der Waals surface area contributed by atoms with Gasteiger partial charge in [0, 0.05) is 23.4 Å². The predicted molar refractivity (Wildman–Crippen MR) is 77.7 cm³/mol. The van der Waals surface area contributed by atoms with E-state index in [1.54, 1.807) is 11.3 Å². The largest absolute Gasteiger partial charge is 0.316 e. The number of hydrogen-bond donors (Lipinski definition) is 2. The molecule has 0 radical (unpaired) electrons. The molecule has 2 N–H and O–H groups in total. The summed E-state index contributed by atoms with van der Waals surface area (Å²) >= 11 is 1.65. The zero-order valence-electron chi connectivity index (χ0n) is 11.2. The molecule has 1 rings (SSSR count). The van der Waals surface area contributed by atoms with Crippen molar-refractivity contribution < 1.29 is 8.42 Å². The van der Waals surface area contributed by atoms with Gasteiger partial charge in [-0.25, -0.2) is 13.1 Å². The fraction of sp³-hybridized carbons (Fsp3) is 0.667. The Hall–Kier alpha value is -0.430. The lowest BCUT2D eigenvalue weighted by molar-refractivity contribution is 0.508. The van der Waals surface area contributed by atoms with Crippen LogP contribution in [0.15, 0.2) is 17.5 Å². The third-order valence-electron chi connectivity index (χ3n) is 2.72. The molecular formula is C12H22N2O2S2. The first-order chi connectivity index (χ1) is 8.37. The monoisotopic (exact) mass is 290 g/mol. The Bertz CT molecular complexity index is 439. The van der Waals surface area contributed by atoms with Crippen LogP contribution in [0.3, 0.4) is 0 Å². The highest BCUT2D eigenvalue weighted by molar-refractivity contribution is 7.89. The lowest BCUT2D eigenvalue weighted by Crippen LogP contribution is -2.39. The fourth-order valence-corrected chi connectivity index (χ4v) is 3.49. The predicted octanol–water partition coefficient (Wildman–Crippen LogP) is 1.55. The summed E-state index contributed by atoms with van der Waals surface area (Å²) in [6.07, 6.45) is 0. The summed E-state index contributed by atoms with van der Waals surface area (Å²) in [5.74, 6) is 0.126. The molecule has 0 saturated carbocycles. The number of sulfonamides is 1. The van der Waals surface area contributed by atoms with E-state index < -0.39 is 10.0 Å². The molecule has 0 amide bonds. The lowest BCUT2D eigenvalue weighted by Gasteiger charge is -2.23. The molecule has 0 aliphatic carbocycles. The number of rotatable bonds is 8. The minimum absolute atomic E-state index is 0.126. The Morgan fingerprint density at radius 3 is 2.67 bits per heavy atom. The summed E-state index contributed by atoms with van der Waals surface area (Å²) in [5.41, 5.74) is -0.167. The molecule has 0 aliphatic rings. The van der Waals surface area contributed by atoms with Crippen LogP contribution in [-0.2, 0) is 15.4 Å². The van der Waals surface area contributed by atoms with E-state index in [-0.39, 0.29) is 11.2 Å². The van der Waals surface area contributed by atoms with Gasteiger partial charge in [0.15, 0.2) is 0 Å². The van der Waals surface area contributed by atoms with Crippen LogP contribution in [0.4, 0.5) is 0 Å². The quantitative estimate of drug-likeness (QED) is 0.714. The Morgan fingerprint density at radius 1 is 1.39 bits per heavy atom. The van der Waals surface area contributed by atoms with E-state index in [1.807, 2.05) is 38.3 Å². The van der Waals surface area contributed by atoms with Gasteiger partial charge in [0.2, 0.25) is 10.0 Å². The van der Waals surface area contributed by atoms with E-state index in [9.17, 15) is 8.42 Å². The van der Waals surface area contributed by atoms with Gasteiger partial charge in [-0.15, -0.1) is 11.3 Å². The SMILES string of the molecule is CCNCCS(=O)(=O)NCC(C)(C)c1cccs1. The van der Waals surface area contributed by atoms with Gasteiger partial charge < -0.3 is 5.32 Å². The Kier molecular flexibility index (Phi) is 5.78. The molecule has 104 valence electrons. The molecule has 1 aromatic rings. The van der Waals surface area contributed by atoms with Crippen molar-refractivity contribution in [2.24, 2.45) is 0 Å². The molecule has 0 aliphatic heterocycles. The number of thiophene rings is 1. The van der Waals surface area contributed by atoms with Gasteiger partial charge in [0.05, 0.1) is 5.75 Å². The molecule has 1 aromatic heterocycles. The van der Waals surface area contributed by atoms with Crippen LogP contribution < -0.4 is 10.0 Å². The van der Waals surface area contributed by atoms with Crippen LogP contribution in [-0.4, -0.2) is 33.8 Å². The van der Waals surface area contributed by atoms with E-state index in [0.717, 1.165) is 6.54 Å². The highest BCUT2D eigenvalue weighted by Crippen LogP contribution is 2.26. The van der Waals surface area contributed by atoms with Crippen LogP contribution in [0.1, 0.15) is 25.6 Å². The minimum Gasteiger partial charge on any atom is -0.316 e. The maximum atomic E-state index is 11.8. The third-order valence-corrected chi connectivity index (χ3v) is 5.28. The molecule has 0 fully saturated rings. The summed E-state index contributed by atoms with van der Waals surface area (Å²) < 4.78 is 26.2. The molecule has 0 bridgehead atoms. The first kappa shape index (κ1) is 15.6. The standard InChI is InChI=1S/C12H22N2O2S2/c1-4-13-7-9-18(15,16)14-10-12(2,3)11-6-5-8-17-11/h5-6,8,13-14H,4,7,9-10H2,1-3H3. The number of hydrogen-bond acceptors (Lipinski definition) is 4. The van der Waals surface area contributed by atoms with Gasteiger partial charge in [0.25, 0.3) is 0 Å². The van der Waals surface area contributed by atoms with E-state index >= 15 is 0 Å². The van der Waals surface area contributed by atoms with Crippen LogP contribution in [0.5, 0.6) is 0 Å². The van der Waals surface area contributed by atoms with Crippen molar-refractivity contribution in [3.63, 3.8) is 0 Å². The topological polar surface area (TPSA) is 58.2 Å². The molecule has 18 heavy (non-hydrogen) atoms. The van der Waals surface area contributed by atoms with Gasteiger partial charge in [-0.3, -0.25) is 0 Å². The molecule has 0 atom stereocenters. The molecule has 0 spiro atoms. The maximum absolute atomic E-state index is 11.8. The highest BCUT2D eigenvalue weighted by atomic mass is 32.2. The van der Waals surface area contributed by atoms with Gasteiger partial charge >= 0.3 is 0 Å². The van der Waals surface area contributed by atoms with E-state index in [4.69, 9.17) is 0 Å².